The van der Waals surface area contributed by atoms with Crippen molar-refractivity contribution in [1.82, 2.24) is 0 Å². The van der Waals surface area contributed by atoms with Crippen molar-refractivity contribution in [1.29, 1.82) is 0 Å². The summed E-state index contributed by atoms with van der Waals surface area (Å²) in [4.78, 5) is 27.0. The Morgan fingerprint density at radius 2 is 1.95 bits per heavy atom. The molecular formula is C29H27NO6P+. The number of hydrogen-bond acceptors (Lipinski definition) is 6. The molecule has 0 fully saturated rings. The molecule has 5 rings (SSSR count). The molecule has 4 aromatic rings. The van der Waals surface area contributed by atoms with Gasteiger partial charge in [-0.15, -0.1) is 0 Å². The van der Waals surface area contributed by atoms with Gasteiger partial charge in [0.1, 0.15) is 5.75 Å². The van der Waals surface area contributed by atoms with Crippen LogP contribution in [0.15, 0.2) is 86.4 Å². The standard InChI is InChI=1S/C29H26NO6P/c1-33-24-7-3-20(4-8-24)5-9-25(31)30-23-12-17-37(18-13-23)16-2-14-34-29-27-22(11-15-35-27)19-21-6-10-26(32)36-28(21)29/h3-12,15,17,19H,2,13-14,16,18H2,1H3/p+1/b9-5+,30-23?. The zero-order valence-electron chi connectivity index (χ0n) is 20.4. The van der Waals surface area contributed by atoms with Crippen LogP contribution >= 0.6 is 7.92 Å². The summed E-state index contributed by atoms with van der Waals surface area (Å²) in [5, 5.41) is 1.70. The third-order valence-corrected chi connectivity index (χ3v) is 8.36. The minimum atomic E-state index is -0.422. The largest absolute Gasteiger partial charge is 0.497 e. The van der Waals surface area contributed by atoms with E-state index in [1.165, 1.54) is 6.07 Å². The van der Waals surface area contributed by atoms with Crippen LogP contribution in [0.3, 0.4) is 0 Å². The van der Waals surface area contributed by atoms with E-state index in [0.29, 0.717) is 23.5 Å². The van der Waals surface area contributed by atoms with Gasteiger partial charge >= 0.3 is 11.5 Å². The highest BCUT2D eigenvalue weighted by atomic mass is 31.1. The van der Waals surface area contributed by atoms with Gasteiger partial charge in [-0.1, -0.05) is 25.9 Å². The lowest BCUT2D eigenvalue weighted by molar-refractivity contribution is -0.371. The zero-order chi connectivity index (χ0) is 25.6. The number of carbonyl (C=O) groups is 1. The molecule has 188 valence electrons. The van der Waals surface area contributed by atoms with Crippen LogP contribution in [0, 0.1) is 0 Å². The zero-order valence-corrected chi connectivity index (χ0v) is 21.3. The summed E-state index contributed by atoms with van der Waals surface area (Å²) in [6.45, 7) is 0.490. The van der Waals surface area contributed by atoms with Crippen molar-refractivity contribution in [2.24, 2.45) is 0 Å². The summed E-state index contributed by atoms with van der Waals surface area (Å²) in [6.07, 6.45) is 10.7. The number of methoxy groups -OCH3 is 1. The van der Waals surface area contributed by atoms with Gasteiger partial charge in [-0.3, -0.25) is 0 Å². The first-order valence-electron chi connectivity index (χ1n) is 12.1. The Balaban J connectivity index is 1.14. The topological polar surface area (TPSA) is 92.9 Å². The lowest BCUT2D eigenvalue weighted by Crippen LogP contribution is -2.76. The Labute approximate surface area is 214 Å². The molecule has 1 N–H and O–H groups in total. The van der Waals surface area contributed by atoms with Crippen molar-refractivity contribution in [3.05, 3.63) is 88.7 Å². The van der Waals surface area contributed by atoms with E-state index >= 15 is 0 Å². The minimum absolute atomic E-state index is 0.138. The third kappa shape index (κ3) is 6.07. The van der Waals surface area contributed by atoms with E-state index in [9.17, 15) is 9.59 Å². The third-order valence-electron chi connectivity index (χ3n) is 6.10. The lowest BCUT2D eigenvalue weighted by atomic mass is 10.1. The highest BCUT2D eigenvalue weighted by Gasteiger charge is 2.18. The number of fused-ring (bicyclic) bond motifs is 2. The number of rotatable bonds is 8. The van der Waals surface area contributed by atoms with Gasteiger partial charge in [0.25, 0.3) is 0 Å². The van der Waals surface area contributed by atoms with Gasteiger partial charge in [-0.05, 0) is 60.7 Å². The Hall–Kier alpha value is -3.96. The van der Waals surface area contributed by atoms with E-state index < -0.39 is 5.63 Å². The second-order valence-corrected chi connectivity index (χ2v) is 11.0. The first-order chi connectivity index (χ1) is 18.1. The molecular weight excluding hydrogens is 489 g/mol. The van der Waals surface area contributed by atoms with Crippen molar-refractivity contribution in [2.75, 3.05) is 26.0 Å². The van der Waals surface area contributed by atoms with Crippen molar-refractivity contribution in [3.63, 3.8) is 0 Å². The number of hydrogen-bond donors (Lipinski definition) is 1. The van der Waals surface area contributed by atoms with Crippen LogP contribution < -0.4 is 20.1 Å². The smallest absolute Gasteiger partial charge is 0.410 e. The number of ether oxygens (including phenoxy) is 2. The quantitative estimate of drug-likeness (QED) is 0.161. The number of benzene rings is 2. The van der Waals surface area contributed by atoms with Crippen LogP contribution in [0.4, 0.5) is 0 Å². The fraction of sp³-hybridized carbons (Fsp3) is 0.207. The van der Waals surface area contributed by atoms with E-state index in [2.05, 4.69) is 10.8 Å². The number of furan rings is 1. The average molecular weight is 517 g/mol. The molecule has 0 saturated carbocycles. The summed E-state index contributed by atoms with van der Waals surface area (Å²) >= 11 is 0. The summed E-state index contributed by atoms with van der Waals surface area (Å²) in [5.41, 5.74) is 2.44. The van der Waals surface area contributed by atoms with Gasteiger partial charge < -0.3 is 18.3 Å². The second kappa shape index (κ2) is 11.4. The van der Waals surface area contributed by atoms with Crippen LogP contribution in [-0.2, 0) is 4.79 Å². The maximum absolute atomic E-state index is 12.3. The van der Waals surface area contributed by atoms with Crippen LogP contribution in [0.25, 0.3) is 28.0 Å². The van der Waals surface area contributed by atoms with Crippen molar-refractivity contribution < 1.29 is 28.1 Å². The van der Waals surface area contributed by atoms with Crippen LogP contribution in [0.2, 0.25) is 0 Å². The van der Waals surface area contributed by atoms with E-state index in [4.69, 9.17) is 18.3 Å². The highest BCUT2D eigenvalue weighted by molar-refractivity contribution is 7.61. The molecule has 37 heavy (non-hydrogen) atoms. The van der Waals surface area contributed by atoms with Gasteiger partial charge in [0.2, 0.25) is 5.75 Å². The minimum Gasteiger partial charge on any atom is -0.497 e. The fourth-order valence-corrected chi connectivity index (χ4v) is 6.15. The highest BCUT2D eigenvalue weighted by Crippen LogP contribution is 2.41. The Morgan fingerprint density at radius 1 is 1.11 bits per heavy atom. The van der Waals surface area contributed by atoms with E-state index in [-0.39, 0.29) is 13.8 Å². The van der Waals surface area contributed by atoms with Gasteiger partial charge in [-0.2, -0.15) is 4.99 Å². The van der Waals surface area contributed by atoms with Gasteiger partial charge in [-0.25, -0.2) is 9.59 Å². The van der Waals surface area contributed by atoms with Crippen molar-refractivity contribution in [2.45, 2.75) is 12.8 Å². The fourth-order valence-electron chi connectivity index (χ4n) is 4.17. The molecule has 2 aromatic carbocycles. The summed E-state index contributed by atoms with van der Waals surface area (Å²) < 4.78 is 22.2. The van der Waals surface area contributed by atoms with Crippen molar-refractivity contribution >= 4 is 47.6 Å². The Kier molecular flexibility index (Phi) is 7.62. The molecule has 0 aliphatic carbocycles. The van der Waals surface area contributed by atoms with E-state index in [1.54, 1.807) is 31.6 Å². The summed E-state index contributed by atoms with van der Waals surface area (Å²) in [7, 11) is 1.35. The van der Waals surface area contributed by atoms with Gasteiger partial charge in [0.15, 0.2) is 16.9 Å². The molecule has 1 atom stereocenters. The molecule has 8 heteroatoms. The SMILES string of the molecule is COc1ccc(/C=C/C(=O)[NH+]=C2C=CP(CCCOc3c4occc4cc4ccc(=O)oc34)CC2)cc1. The lowest BCUT2D eigenvalue weighted by Gasteiger charge is -2.16. The Bertz CT molecular complexity index is 1560. The normalized spacial score (nSPS) is 16.7. The maximum atomic E-state index is 12.3. The molecule has 1 unspecified atom stereocenters. The predicted octanol–water partition coefficient (Wildman–Crippen LogP) is 4.48. The predicted molar refractivity (Wildman–Crippen MR) is 146 cm³/mol. The summed E-state index contributed by atoms with van der Waals surface area (Å²) in [6, 6.07) is 14.5. The first-order valence-corrected chi connectivity index (χ1v) is 13.9. The first kappa shape index (κ1) is 24.7. The monoisotopic (exact) mass is 516 g/mol. The van der Waals surface area contributed by atoms with E-state index in [1.807, 2.05) is 42.5 Å². The molecule has 0 radical (unpaired) electrons. The number of carbonyl (C=O) groups excluding carboxylic acids is 1. The second-order valence-electron chi connectivity index (χ2n) is 8.64. The maximum Gasteiger partial charge on any atom is 0.410 e. The molecule has 2 aromatic heterocycles. The summed E-state index contributed by atoms with van der Waals surface area (Å²) in [5.74, 6) is 3.33. The van der Waals surface area contributed by atoms with Gasteiger partial charge in [0, 0.05) is 29.3 Å². The molecule has 0 saturated heterocycles. The number of nitrogens with one attached hydrogen (secondary N) is 1. The Morgan fingerprint density at radius 3 is 2.73 bits per heavy atom. The molecule has 7 nitrogen and oxygen atoms in total. The van der Waals surface area contributed by atoms with Crippen LogP contribution in [0.5, 0.6) is 11.5 Å². The van der Waals surface area contributed by atoms with E-state index in [0.717, 1.165) is 53.0 Å². The number of amides is 1. The molecule has 1 aliphatic heterocycles. The molecule has 1 amide bonds. The average Bonchev–Trinajstić information content (AvgIpc) is 3.39. The molecule has 0 bridgehead atoms. The van der Waals surface area contributed by atoms with Crippen LogP contribution in [-0.4, -0.2) is 37.7 Å². The van der Waals surface area contributed by atoms with Gasteiger partial charge in [0.05, 0.1) is 26.1 Å². The molecule has 0 spiro atoms. The molecule has 1 aliphatic rings. The van der Waals surface area contributed by atoms with Crippen molar-refractivity contribution in [3.8, 4) is 11.5 Å². The van der Waals surface area contributed by atoms with Crippen LogP contribution in [0.1, 0.15) is 18.4 Å². The molecule has 3 heterocycles. The number of allylic oxidation sites excluding steroid dienone is 1.